The molecular formula is C17H13F3N2O2. The second-order valence-corrected chi connectivity index (χ2v) is 5.06. The third kappa shape index (κ3) is 2.84. The smallest absolute Gasteiger partial charge is 0.417 e. The first-order chi connectivity index (χ1) is 11.4. The summed E-state index contributed by atoms with van der Waals surface area (Å²) in [5, 5.41) is 0. The zero-order valence-corrected chi connectivity index (χ0v) is 12.7. The van der Waals surface area contributed by atoms with Gasteiger partial charge in [0.2, 0.25) is 0 Å². The van der Waals surface area contributed by atoms with E-state index in [1.807, 2.05) is 0 Å². The molecule has 0 saturated carbocycles. The van der Waals surface area contributed by atoms with Gasteiger partial charge in [0, 0.05) is 11.8 Å². The lowest BCUT2D eigenvalue weighted by molar-refractivity contribution is -0.137. The molecule has 124 valence electrons. The summed E-state index contributed by atoms with van der Waals surface area (Å²) in [6, 6.07) is 9.58. The molecule has 1 aromatic carbocycles. The molecule has 0 fully saturated rings. The van der Waals surface area contributed by atoms with Gasteiger partial charge < -0.3 is 4.74 Å². The number of fused-ring (bicyclic) bond motifs is 1. The normalized spacial score (nSPS) is 11.7. The van der Waals surface area contributed by atoms with Crippen LogP contribution in [0.1, 0.15) is 22.8 Å². The predicted molar refractivity (Wildman–Crippen MR) is 81.6 cm³/mol. The van der Waals surface area contributed by atoms with Crippen molar-refractivity contribution in [2.45, 2.75) is 13.1 Å². The maximum Gasteiger partial charge on any atom is 0.417 e. The molecule has 7 heteroatoms. The van der Waals surface area contributed by atoms with Gasteiger partial charge in [-0.05, 0) is 13.0 Å². The van der Waals surface area contributed by atoms with E-state index in [2.05, 4.69) is 4.98 Å². The Labute approximate surface area is 135 Å². The van der Waals surface area contributed by atoms with Crippen LogP contribution in [0.15, 0.2) is 48.8 Å². The molecule has 0 radical (unpaired) electrons. The number of ether oxygens (including phenoxy) is 1. The minimum absolute atomic E-state index is 0.0704. The molecule has 0 spiro atoms. The summed E-state index contributed by atoms with van der Waals surface area (Å²) in [7, 11) is 0. The van der Waals surface area contributed by atoms with Crippen molar-refractivity contribution in [1.29, 1.82) is 0 Å². The van der Waals surface area contributed by atoms with Crippen molar-refractivity contribution in [3.63, 3.8) is 0 Å². The summed E-state index contributed by atoms with van der Waals surface area (Å²) >= 11 is 0. The molecule has 24 heavy (non-hydrogen) atoms. The zero-order chi connectivity index (χ0) is 17.3. The number of pyridine rings is 1. The Morgan fingerprint density at radius 1 is 1.25 bits per heavy atom. The third-order valence-electron chi connectivity index (χ3n) is 3.50. The second kappa shape index (κ2) is 5.99. The van der Waals surface area contributed by atoms with Gasteiger partial charge in [-0.15, -0.1) is 0 Å². The average molecular weight is 334 g/mol. The van der Waals surface area contributed by atoms with Gasteiger partial charge in [-0.3, -0.25) is 4.40 Å². The van der Waals surface area contributed by atoms with Crippen molar-refractivity contribution in [3.8, 4) is 11.4 Å². The molecule has 2 aromatic heterocycles. The van der Waals surface area contributed by atoms with Crippen molar-refractivity contribution in [3.05, 3.63) is 59.9 Å². The lowest BCUT2D eigenvalue weighted by Crippen LogP contribution is -2.12. The molecule has 0 unspecified atom stereocenters. The fourth-order valence-corrected chi connectivity index (χ4v) is 2.42. The van der Waals surface area contributed by atoms with Crippen molar-refractivity contribution >= 4 is 11.5 Å². The van der Waals surface area contributed by atoms with Crippen molar-refractivity contribution < 1.29 is 22.7 Å². The second-order valence-electron chi connectivity index (χ2n) is 5.06. The van der Waals surface area contributed by atoms with Gasteiger partial charge in [-0.1, -0.05) is 30.3 Å². The summed E-state index contributed by atoms with van der Waals surface area (Å²) in [6.07, 6.45) is -2.28. The molecular weight excluding hydrogens is 321 g/mol. The molecule has 0 amide bonds. The number of carbonyl (C=O) groups excluding carboxylic acids is 1. The van der Waals surface area contributed by atoms with Gasteiger partial charge in [0.1, 0.15) is 5.82 Å². The van der Waals surface area contributed by atoms with Gasteiger partial charge >= 0.3 is 12.1 Å². The minimum Gasteiger partial charge on any atom is -0.462 e. The topological polar surface area (TPSA) is 43.6 Å². The van der Waals surface area contributed by atoms with E-state index in [0.717, 1.165) is 12.3 Å². The van der Waals surface area contributed by atoms with E-state index in [1.54, 1.807) is 37.3 Å². The number of hydrogen-bond acceptors (Lipinski definition) is 3. The van der Waals surface area contributed by atoms with Gasteiger partial charge in [0.05, 0.1) is 29.4 Å². The van der Waals surface area contributed by atoms with E-state index < -0.39 is 17.7 Å². The summed E-state index contributed by atoms with van der Waals surface area (Å²) in [5.41, 5.74) is -0.193. The van der Waals surface area contributed by atoms with E-state index in [9.17, 15) is 18.0 Å². The van der Waals surface area contributed by atoms with Crippen LogP contribution >= 0.6 is 0 Å². The Bertz CT molecular complexity index is 886. The summed E-state index contributed by atoms with van der Waals surface area (Å²) in [5.74, 6) is -0.490. The highest BCUT2D eigenvalue weighted by Crippen LogP contribution is 2.32. The van der Waals surface area contributed by atoms with Crippen molar-refractivity contribution in [2.75, 3.05) is 6.61 Å². The molecule has 0 aliphatic carbocycles. The van der Waals surface area contributed by atoms with E-state index >= 15 is 0 Å². The number of aromatic nitrogens is 2. The minimum atomic E-state index is -4.59. The highest BCUT2D eigenvalue weighted by Gasteiger charge is 2.33. The van der Waals surface area contributed by atoms with Gasteiger partial charge in [-0.2, -0.15) is 13.2 Å². The predicted octanol–water partition coefficient (Wildman–Crippen LogP) is 4.20. The van der Waals surface area contributed by atoms with Crippen LogP contribution in [-0.2, 0) is 10.9 Å². The first kappa shape index (κ1) is 16.0. The molecule has 3 rings (SSSR count). The Kier molecular flexibility index (Phi) is 4.01. The van der Waals surface area contributed by atoms with Crippen LogP contribution in [0.4, 0.5) is 13.2 Å². The molecule has 2 heterocycles. The van der Waals surface area contributed by atoms with Crippen LogP contribution in [0.2, 0.25) is 0 Å². The summed E-state index contributed by atoms with van der Waals surface area (Å²) < 4.78 is 45.7. The Morgan fingerprint density at radius 2 is 1.96 bits per heavy atom. The van der Waals surface area contributed by atoms with Crippen molar-refractivity contribution in [1.82, 2.24) is 9.38 Å². The van der Waals surface area contributed by atoms with Crippen LogP contribution in [0.25, 0.3) is 16.9 Å². The van der Waals surface area contributed by atoms with Gasteiger partial charge in [0.15, 0.2) is 0 Å². The van der Waals surface area contributed by atoms with Crippen LogP contribution in [0, 0.1) is 0 Å². The number of halogens is 3. The monoisotopic (exact) mass is 334 g/mol. The van der Waals surface area contributed by atoms with E-state index in [0.29, 0.717) is 11.4 Å². The number of esters is 1. The highest BCUT2D eigenvalue weighted by molar-refractivity contribution is 5.97. The lowest BCUT2D eigenvalue weighted by Gasteiger charge is -2.12. The standard InChI is InChI=1S/C17H13F3N2O2/c1-2-24-16(23)13-8-12(17(18,19)20)10-22-14(13)9-21-15(22)11-6-4-3-5-7-11/h3-10H,2H2,1H3. The molecule has 0 aliphatic rings. The number of benzene rings is 1. The third-order valence-corrected chi connectivity index (χ3v) is 3.50. The van der Waals surface area contributed by atoms with Gasteiger partial charge in [0.25, 0.3) is 0 Å². The van der Waals surface area contributed by atoms with Crippen LogP contribution in [-0.4, -0.2) is 22.0 Å². The van der Waals surface area contributed by atoms with Gasteiger partial charge in [-0.25, -0.2) is 9.78 Å². The van der Waals surface area contributed by atoms with E-state index in [-0.39, 0.29) is 17.7 Å². The van der Waals surface area contributed by atoms with Crippen LogP contribution in [0.5, 0.6) is 0 Å². The number of carbonyl (C=O) groups is 1. The summed E-state index contributed by atoms with van der Waals surface area (Å²) in [6.45, 7) is 1.66. The quantitative estimate of drug-likeness (QED) is 0.674. The number of alkyl halides is 3. The van der Waals surface area contributed by atoms with E-state index in [1.165, 1.54) is 10.6 Å². The van der Waals surface area contributed by atoms with Crippen molar-refractivity contribution in [2.24, 2.45) is 0 Å². The Balaban J connectivity index is 2.28. The SMILES string of the molecule is CCOC(=O)c1cc(C(F)(F)F)cn2c(-c3ccccc3)ncc12. The molecule has 3 aromatic rings. The number of nitrogens with zero attached hydrogens (tertiary/aromatic N) is 2. The number of hydrogen-bond donors (Lipinski definition) is 0. The first-order valence-corrected chi connectivity index (χ1v) is 7.22. The number of imidazole rings is 1. The maximum absolute atomic E-state index is 13.2. The highest BCUT2D eigenvalue weighted by atomic mass is 19.4. The summed E-state index contributed by atoms with van der Waals surface area (Å²) in [4.78, 5) is 16.2. The number of rotatable bonds is 3. The molecule has 0 aliphatic heterocycles. The maximum atomic E-state index is 13.2. The average Bonchev–Trinajstić information content (AvgIpc) is 2.98. The van der Waals surface area contributed by atoms with Crippen LogP contribution < -0.4 is 0 Å². The largest absolute Gasteiger partial charge is 0.462 e. The molecule has 4 nitrogen and oxygen atoms in total. The Hall–Kier alpha value is -2.83. The fourth-order valence-electron chi connectivity index (χ4n) is 2.42. The molecule has 0 N–H and O–H groups in total. The lowest BCUT2D eigenvalue weighted by atomic mass is 10.1. The molecule has 0 bridgehead atoms. The van der Waals surface area contributed by atoms with E-state index in [4.69, 9.17) is 4.74 Å². The first-order valence-electron chi connectivity index (χ1n) is 7.22. The molecule has 0 atom stereocenters. The Morgan fingerprint density at radius 3 is 2.58 bits per heavy atom. The zero-order valence-electron chi connectivity index (χ0n) is 12.7. The molecule has 0 saturated heterocycles. The fraction of sp³-hybridized carbons (Fsp3) is 0.176. The van der Waals surface area contributed by atoms with Crippen LogP contribution in [0.3, 0.4) is 0 Å².